The van der Waals surface area contributed by atoms with Gasteiger partial charge in [-0.3, -0.25) is 0 Å². The van der Waals surface area contributed by atoms with E-state index < -0.39 is 30.4 Å². The van der Waals surface area contributed by atoms with E-state index in [2.05, 4.69) is 4.98 Å². The molecule has 0 saturated carbocycles. The highest BCUT2D eigenvalue weighted by atomic mass is 19.4. The molecule has 4 nitrogen and oxygen atoms in total. The van der Waals surface area contributed by atoms with Gasteiger partial charge in [0.2, 0.25) is 0 Å². The number of aliphatic hydroxyl groups excluding tert-OH is 1. The van der Waals surface area contributed by atoms with Gasteiger partial charge in [0.05, 0.1) is 12.5 Å². The summed E-state index contributed by atoms with van der Waals surface area (Å²) in [6.45, 7) is 0. The molecule has 1 rings (SSSR count). The third-order valence-electron chi connectivity index (χ3n) is 1.81. The SMILES string of the molecule is O=C(O)c1cc(C(O)CC(F)(F)F)ccn1. The van der Waals surface area contributed by atoms with E-state index in [-0.39, 0.29) is 5.56 Å². The third kappa shape index (κ3) is 3.50. The average molecular weight is 235 g/mol. The zero-order valence-electron chi connectivity index (χ0n) is 7.90. The van der Waals surface area contributed by atoms with Crippen molar-refractivity contribution in [1.82, 2.24) is 4.98 Å². The van der Waals surface area contributed by atoms with Crippen LogP contribution in [-0.2, 0) is 0 Å². The third-order valence-corrected chi connectivity index (χ3v) is 1.81. The summed E-state index contributed by atoms with van der Waals surface area (Å²) >= 11 is 0. The topological polar surface area (TPSA) is 70.4 Å². The predicted octanol–water partition coefficient (Wildman–Crippen LogP) is 1.77. The van der Waals surface area contributed by atoms with Gasteiger partial charge in [0.1, 0.15) is 5.69 Å². The smallest absolute Gasteiger partial charge is 0.391 e. The van der Waals surface area contributed by atoms with Crippen LogP contribution in [0.4, 0.5) is 13.2 Å². The quantitative estimate of drug-likeness (QED) is 0.837. The molecule has 0 amide bonds. The number of aromatic carboxylic acids is 1. The Labute approximate surface area is 88.4 Å². The molecule has 1 unspecified atom stereocenters. The van der Waals surface area contributed by atoms with Crippen LogP contribution in [-0.4, -0.2) is 27.3 Å². The summed E-state index contributed by atoms with van der Waals surface area (Å²) in [4.78, 5) is 13.9. The molecule has 0 spiro atoms. The molecule has 0 bridgehead atoms. The van der Waals surface area contributed by atoms with E-state index in [0.29, 0.717) is 0 Å². The molecule has 0 aliphatic heterocycles. The fourth-order valence-electron chi connectivity index (χ4n) is 1.11. The molecule has 1 aromatic heterocycles. The Hall–Kier alpha value is -1.63. The number of rotatable bonds is 3. The van der Waals surface area contributed by atoms with Crippen molar-refractivity contribution in [3.63, 3.8) is 0 Å². The summed E-state index contributed by atoms with van der Waals surface area (Å²) in [6.07, 6.45) is -6.67. The molecule has 2 N–H and O–H groups in total. The minimum Gasteiger partial charge on any atom is -0.477 e. The minimum absolute atomic E-state index is 0.121. The molecule has 16 heavy (non-hydrogen) atoms. The van der Waals surface area contributed by atoms with Gasteiger partial charge in [0, 0.05) is 6.20 Å². The lowest BCUT2D eigenvalue weighted by atomic mass is 10.1. The zero-order chi connectivity index (χ0) is 12.3. The number of carboxylic acids is 1. The lowest BCUT2D eigenvalue weighted by Crippen LogP contribution is -2.14. The van der Waals surface area contributed by atoms with Crippen molar-refractivity contribution in [2.75, 3.05) is 0 Å². The van der Waals surface area contributed by atoms with E-state index in [1.54, 1.807) is 0 Å². The van der Waals surface area contributed by atoms with Gasteiger partial charge in [0.25, 0.3) is 0 Å². The standard InChI is InChI=1S/C9H8F3NO3/c10-9(11,12)4-7(14)5-1-2-13-6(3-5)8(15)16/h1-3,7,14H,4H2,(H,15,16). The van der Waals surface area contributed by atoms with Crippen LogP contribution in [0.25, 0.3) is 0 Å². The van der Waals surface area contributed by atoms with Crippen LogP contribution < -0.4 is 0 Å². The maximum atomic E-state index is 12.0. The number of pyridine rings is 1. The Kier molecular flexibility index (Phi) is 3.48. The van der Waals surface area contributed by atoms with Crippen molar-refractivity contribution in [2.24, 2.45) is 0 Å². The Morgan fingerprint density at radius 3 is 2.62 bits per heavy atom. The van der Waals surface area contributed by atoms with E-state index in [9.17, 15) is 23.1 Å². The highest BCUT2D eigenvalue weighted by Gasteiger charge is 2.31. The van der Waals surface area contributed by atoms with Crippen molar-refractivity contribution in [2.45, 2.75) is 18.7 Å². The van der Waals surface area contributed by atoms with Gasteiger partial charge in [-0.1, -0.05) is 0 Å². The van der Waals surface area contributed by atoms with E-state index in [4.69, 9.17) is 5.11 Å². The van der Waals surface area contributed by atoms with Crippen molar-refractivity contribution < 1.29 is 28.2 Å². The largest absolute Gasteiger partial charge is 0.477 e. The number of carbonyl (C=O) groups is 1. The highest BCUT2D eigenvalue weighted by molar-refractivity contribution is 5.85. The van der Waals surface area contributed by atoms with Crippen molar-refractivity contribution in [1.29, 1.82) is 0 Å². The number of carboxylic acid groups (broad SMARTS) is 1. The van der Waals surface area contributed by atoms with Crippen LogP contribution in [0.5, 0.6) is 0 Å². The summed E-state index contributed by atoms with van der Waals surface area (Å²) in [5.74, 6) is -1.36. The Morgan fingerprint density at radius 1 is 1.50 bits per heavy atom. The van der Waals surface area contributed by atoms with Crippen LogP contribution in [0.2, 0.25) is 0 Å². The van der Waals surface area contributed by atoms with Gasteiger partial charge in [-0.25, -0.2) is 9.78 Å². The lowest BCUT2D eigenvalue weighted by Gasteiger charge is -2.13. The van der Waals surface area contributed by atoms with Crippen LogP contribution >= 0.6 is 0 Å². The van der Waals surface area contributed by atoms with E-state index in [1.165, 1.54) is 0 Å². The zero-order valence-corrected chi connectivity index (χ0v) is 7.90. The Bertz CT molecular complexity index is 392. The van der Waals surface area contributed by atoms with Crippen molar-refractivity contribution in [3.05, 3.63) is 29.6 Å². The first-order valence-electron chi connectivity index (χ1n) is 4.23. The fraction of sp³-hybridized carbons (Fsp3) is 0.333. The molecule has 1 heterocycles. The van der Waals surface area contributed by atoms with Gasteiger partial charge in [0.15, 0.2) is 0 Å². The normalized spacial score (nSPS) is 13.5. The maximum Gasteiger partial charge on any atom is 0.391 e. The monoisotopic (exact) mass is 235 g/mol. The van der Waals surface area contributed by atoms with Gasteiger partial charge < -0.3 is 10.2 Å². The average Bonchev–Trinajstić information content (AvgIpc) is 2.15. The summed E-state index contributed by atoms with van der Waals surface area (Å²) in [5, 5.41) is 17.8. The minimum atomic E-state index is -4.51. The number of aliphatic hydroxyl groups is 1. The number of nitrogens with zero attached hydrogens (tertiary/aromatic N) is 1. The molecule has 0 radical (unpaired) electrons. The van der Waals surface area contributed by atoms with E-state index in [0.717, 1.165) is 18.3 Å². The molecule has 88 valence electrons. The first-order chi connectivity index (χ1) is 7.29. The van der Waals surface area contributed by atoms with Crippen molar-refractivity contribution in [3.8, 4) is 0 Å². The van der Waals surface area contributed by atoms with E-state index >= 15 is 0 Å². The second-order valence-electron chi connectivity index (χ2n) is 3.11. The number of halogens is 3. The highest BCUT2D eigenvalue weighted by Crippen LogP contribution is 2.29. The van der Waals surface area contributed by atoms with Gasteiger partial charge in [-0.15, -0.1) is 0 Å². The summed E-state index contributed by atoms with van der Waals surface area (Å²) in [5.41, 5.74) is -0.525. The molecule has 0 aliphatic rings. The summed E-state index contributed by atoms with van der Waals surface area (Å²) < 4.78 is 35.9. The molecule has 7 heteroatoms. The Balaban J connectivity index is 2.87. The lowest BCUT2D eigenvalue weighted by molar-refractivity contribution is -0.154. The number of alkyl halides is 3. The van der Waals surface area contributed by atoms with Gasteiger partial charge in [-0.05, 0) is 17.7 Å². The molecule has 0 aliphatic carbocycles. The van der Waals surface area contributed by atoms with Crippen LogP contribution in [0, 0.1) is 0 Å². The number of aromatic nitrogens is 1. The Morgan fingerprint density at radius 2 is 2.12 bits per heavy atom. The molecule has 0 aromatic carbocycles. The van der Waals surface area contributed by atoms with Crippen LogP contribution in [0.3, 0.4) is 0 Å². The predicted molar refractivity (Wildman–Crippen MR) is 46.8 cm³/mol. The fourth-order valence-corrected chi connectivity index (χ4v) is 1.11. The molecular weight excluding hydrogens is 227 g/mol. The van der Waals surface area contributed by atoms with Gasteiger partial charge in [-0.2, -0.15) is 13.2 Å². The molecule has 0 fully saturated rings. The maximum absolute atomic E-state index is 12.0. The molecule has 0 saturated heterocycles. The van der Waals surface area contributed by atoms with Crippen LogP contribution in [0.15, 0.2) is 18.3 Å². The van der Waals surface area contributed by atoms with Crippen molar-refractivity contribution >= 4 is 5.97 Å². The van der Waals surface area contributed by atoms with Gasteiger partial charge >= 0.3 is 12.1 Å². The number of hydrogen-bond donors (Lipinski definition) is 2. The van der Waals surface area contributed by atoms with E-state index in [1.807, 2.05) is 0 Å². The number of hydrogen-bond acceptors (Lipinski definition) is 3. The molecular formula is C9H8F3NO3. The molecule has 1 atom stereocenters. The second-order valence-corrected chi connectivity index (χ2v) is 3.11. The molecule has 1 aromatic rings. The first kappa shape index (κ1) is 12.4. The van der Waals surface area contributed by atoms with Crippen LogP contribution in [0.1, 0.15) is 28.6 Å². The summed E-state index contributed by atoms with van der Waals surface area (Å²) in [6, 6.07) is 2.06. The first-order valence-corrected chi connectivity index (χ1v) is 4.23. The second kappa shape index (κ2) is 4.48. The summed E-state index contributed by atoms with van der Waals surface area (Å²) in [7, 11) is 0.